The Kier molecular flexibility index (Phi) is 8.98. The van der Waals surface area contributed by atoms with Crippen molar-refractivity contribution in [1.29, 1.82) is 0 Å². The van der Waals surface area contributed by atoms with Gasteiger partial charge in [0.05, 0.1) is 27.9 Å². The first-order valence-corrected chi connectivity index (χ1v) is 7.90. The van der Waals surface area contributed by atoms with E-state index < -0.39 is 0 Å². The van der Waals surface area contributed by atoms with Gasteiger partial charge in [0.2, 0.25) is 5.75 Å². The van der Waals surface area contributed by atoms with Gasteiger partial charge in [-0.3, -0.25) is 0 Å². The molecule has 0 spiro atoms. The van der Waals surface area contributed by atoms with Gasteiger partial charge in [-0.1, -0.05) is 0 Å². The Morgan fingerprint density at radius 2 is 1.70 bits per heavy atom. The predicted molar refractivity (Wildman–Crippen MR) is 90.7 cm³/mol. The molecule has 23 heavy (non-hydrogen) atoms. The maximum atomic E-state index is 11.7. The van der Waals surface area contributed by atoms with Crippen molar-refractivity contribution in [1.82, 2.24) is 0 Å². The van der Waals surface area contributed by atoms with E-state index in [1.807, 2.05) is 0 Å². The van der Waals surface area contributed by atoms with Gasteiger partial charge in [0.25, 0.3) is 0 Å². The molecule has 0 fully saturated rings. The van der Waals surface area contributed by atoms with E-state index in [9.17, 15) is 4.79 Å². The van der Waals surface area contributed by atoms with Gasteiger partial charge in [-0.25, -0.2) is 4.79 Å². The second kappa shape index (κ2) is 10.8. The van der Waals surface area contributed by atoms with Crippen molar-refractivity contribution in [3.63, 3.8) is 0 Å². The topological polar surface area (TPSA) is 54.0 Å². The van der Waals surface area contributed by atoms with E-state index in [1.54, 1.807) is 32.4 Å². The number of unbranched alkanes of at least 4 members (excludes halogenated alkanes) is 2. The molecule has 1 aromatic carbocycles. The summed E-state index contributed by atoms with van der Waals surface area (Å²) in [5, 5.41) is 0. The molecule has 1 aromatic rings. The highest BCUT2D eigenvalue weighted by molar-refractivity contribution is 6.17. The Hall–Kier alpha value is -1.88. The van der Waals surface area contributed by atoms with Crippen LogP contribution in [-0.4, -0.2) is 39.8 Å². The molecule has 0 saturated carbocycles. The summed E-state index contributed by atoms with van der Waals surface area (Å²) in [7, 11) is 4.62. The van der Waals surface area contributed by atoms with Gasteiger partial charge in [0.15, 0.2) is 11.5 Å². The Labute approximate surface area is 142 Å². The number of benzene rings is 1. The van der Waals surface area contributed by atoms with Gasteiger partial charge >= 0.3 is 5.97 Å². The molecule has 0 aliphatic carbocycles. The lowest BCUT2D eigenvalue weighted by Crippen LogP contribution is -2.02. The number of methoxy groups -OCH3 is 3. The summed E-state index contributed by atoms with van der Waals surface area (Å²) in [6, 6.07) is 3.51. The van der Waals surface area contributed by atoms with Crippen LogP contribution in [0.3, 0.4) is 0 Å². The summed E-state index contributed by atoms with van der Waals surface area (Å²) in [5.74, 6) is 1.81. The van der Waals surface area contributed by atoms with Crippen molar-refractivity contribution < 1.29 is 23.7 Å². The number of esters is 1. The van der Waals surface area contributed by atoms with E-state index in [-0.39, 0.29) is 5.97 Å². The van der Waals surface area contributed by atoms with E-state index in [4.69, 9.17) is 30.5 Å². The van der Waals surface area contributed by atoms with Crippen molar-refractivity contribution in [2.24, 2.45) is 0 Å². The number of alkyl halides is 1. The fourth-order valence-corrected chi connectivity index (χ4v) is 2.15. The third kappa shape index (κ3) is 6.40. The fourth-order valence-electron chi connectivity index (χ4n) is 1.96. The normalized spacial score (nSPS) is 10.6. The maximum absolute atomic E-state index is 11.7. The van der Waals surface area contributed by atoms with Gasteiger partial charge in [-0.15, -0.1) is 11.6 Å². The molecule has 0 radical (unpaired) electrons. The number of carbonyl (C=O) groups is 1. The van der Waals surface area contributed by atoms with Crippen molar-refractivity contribution >= 4 is 23.6 Å². The third-order valence-electron chi connectivity index (χ3n) is 3.12. The van der Waals surface area contributed by atoms with Gasteiger partial charge in [-0.2, -0.15) is 0 Å². The smallest absolute Gasteiger partial charge is 0.330 e. The van der Waals surface area contributed by atoms with Crippen molar-refractivity contribution in [2.75, 3.05) is 33.8 Å². The predicted octanol–water partition coefficient (Wildman–Crippen LogP) is 3.68. The van der Waals surface area contributed by atoms with E-state index in [1.165, 1.54) is 13.2 Å². The highest BCUT2D eigenvalue weighted by atomic mass is 35.5. The molecule has 0 heterocycles. The fraction of sp³-hybridized carbons (Fsp3) is 0.471. The summed E-state index contributed by atoms with van der Waals surface area (Å²) in [6.07, 6.45) is 5.72. The lowest BCUT2D eigenvalue weighted by Gasteiger charge is -2.12. The number of hydrogen-bond donors (Lipinski definition) is 0. The minimum absolute atomic E-state index is 0.385. The van der Waals surface area contributed by atoms with Crippen LogP contribution in [0, 0.1) is 0 Å². The van der Waals surface area contributed by atoms with Gasteiger partial charge in [0.1, 0.15) is 0 Å². The monoisotopic (exact) mass is 342 g/mol. The molecule has 0 aromatic heterocycles. The van der Waals surface area contributed by atoms with Crippen molar-refractivity contribution in [2.45, 2.75) is 19.3 Å². The van der Waals surface area contributed by atoms with Crippen LogP contribution in [0.25, 0.3) is 6.08 Å². The molecule has 0 N–H and O–H groups in total. The first-order valence-electron chi connectivity index (χ1n) is 7.37. The molecule has 0 amide bonds. The zero-order valence-electron chi connectivity index (χ0n) is 13.8. The Bertz CT molecular complexity index is 503. The molecule has 128 valence electrons. The summed E-state index contributed by atoms with van der Waals surface area (Å²) in [6.45, 7) is 0.398. The highest BCUT2D eigenvalue weighted by Crippen LogP contribution is 2.38. The van der Waals surface area contributed by atoms with Crippen molar-refractivity contribution in [3.8, 4) is 17.2 Å². The van der Waals surface area contributed by atoms with Gasteiger partial charge in [-0.05, 0) is 43.0 Å². The van der Waals surface area contributed by atoms with Crippen molar-refractivity contribution in [3.05, 3.63) is 23.8 Å². The lowest BCUT2D eigenvalue weighted by molar-refractivity contribution is -0.137. The van der Waals surface area contributed by atoms with Gasteiger partial charge in [0, 0.05) is 12.0 Å². The summed E-state index contributed by atoms with van der Waals surface area (Å²) < 4.78 is 20.9. The van der Waals surface area contributed by atoms with Crippen LogP contribution in [0.5, 0.6) is 17.2 Å². The minimum atomic E-state index is -0.385. The number of carbonyl (C=O) groups excluding carboxylic acids is 1. The van der Waals surface area contributed by atoms with Crippen LogP contribution < -0.4 is 14.2 Å². The molecule has 0 saturated heterocycles. The number of hydrogen-bond acceptors (Lipinski definition) is 5. The number of rotatable bonds is 10. The van der Waals surface area contributed by atoms with Crippen LogP contribution in [0.4, 0.5) is 0 Å². The molecule has 0 atom stereocenters. The maximum Gasteiger partial charge on any atom is 0.330 e. The SMILES string of the molecule is COc1cc(/C=C/C(=O)OCCCCCCl)cc(OC)c1OC. The van der Waals surface area contributed by atoms with Gasteiger partial charge < -0.3 is 18.9 Å². The molecular weight excluding hydrogens is 320 g/mol. The van der Waals surface area contributed by atoms with Crippen LogP contribution in [0.15, 0.2) is 18.2 Å². The van der Waals surface area contributed by atoms with E-state index >= 15 is 0 Å². The molecule has 0 aliphatic rings. The van der Waals surface area contributed by atoms with Crippen LogP contribution in [0.2, 0.25) is 0 Å². The van der Waals surface area contributed by atoms with Crippen LogP contribution in [0.1, 0.15) is 24.8 Å². The summed E-state index contributed by atoms with van der Waals surface area (Å²) >= 11 is 5.58. The quantitative estimate of drug-likeness (QED) is 0.281. The van der Waals surface area contributed by atoms with E-state index in [2.05, 4.69) is 0 Å². The molecule has 0 bridgehead atoms. The second-order valence-electron chi connectivity index (χ2n) is 4.71. The first kappa shape index (κ1) is 19.2. The molecule has 0 unspecified atom stereocenters. The molecule has 6 heteroatoms. The van der Waals surface area contributed by atoms with Crippen LogP contribution in [-0.2, 0) is 9.53 Å². The van der Waals surface area contributed by atoms with E-state index in [0.717, 1.165) is 24.8 Å². The molecule has 5 nitrogen and oxygen atoms in total. The largest absolute Gasteiger partial charge is 0.493 e. The average molecular weight is 343 g/mol. The summed E-state index contributed by atoms with van der Waals surface area (Å²) in [4.78, 5) is 11.7. The third-order valence-corrected chi connectivity index (χ3v) is 3.39. The highest BCUT2D eigenvalue weighted by Gasteiger charge is 2.12. The molecule has 1 rings (SSSR count). The minimum Gasteiger partial charge on any atom is -0.493 e. The zero-order chi connectivity index (χ0) is 17.1. The second-order valence-corrected chi connectivity index (χ2v) is 5.09. The standard InChI is InChI=1S/C17H23ClO5/c1-20-14-11-13(12-15(21-2)17(14)22-3)7-8-16(19)23-10-6-4-5-9-18/h7-8,11-12H,4-6,9-10H2,1-3H3/b8-7+. The zero-order valence-corrected chi connectivity index (χ0v) is 14.5. The van der Waals surface area contributed by atoms with E-state index in [0.29, 0.717) is 29.7 Å². The lowest BCUT2D eigenvalue weighted by atomic mass is 10.1. The first-order chi connectivity index (χ1) is 11.2. The Morgan fingerprint density at radius 1 is 1.04 bits per heavy atom. The molecule has 0 aliphatic heterocycles. The number of halogens is 1. The average Bonchev–Trinajstić information content (AvgIpc) is 2.58. The molecular formula is C17H23ClO5. The Morgan fingerprint density at radius 3 is 2.22 bits per heavy atom. The summed E-state index contributed by atoms with van der Waals surface area (Å²) in [5.41, 5.74) is 0.749. The Balaban J connectivity index is 2.67. The number of ether oxygens (including phenoxy) is 4. The van der Waals surface area contributed by atoms with Crippen LogP contribution >= 0.6 is 11.6 Å².